The number of rotatable bonds is 2. The first kappa shape index (κ1) is 7.39. The highest BCUT2D eigenvalue weighted by atomic mass is 31.2. The standard InChI is InChI=1S/BH4O4PSi/c1-7-5-6(2,3)4/h7H2,(H2,2,3,4). The van der Waals surface area contributed by atoms with E-state index in [1.165, 1.54) is 0 Å². The fraction of sp³-hybridized carbons (Fsp3) is 0. The van der Waals surface area contributed by atoms with Crippen LogP contribution < -0.4 is 0 Å². The lowest BCUT2D eigenvalue weighted by Crippen LogP contribution is -1.93. The summed E-state index contributed by atoms with van der Waals surface area (Å²) in [7, 11) is -0.943. The van der Waals surface area contributed by atoms with Crippen LogP contribution in [0.15, 0.2) is 0 Å². The largest absolute Gasteiger partial charge is 0.458 e. The molecule has 0 aromatic heterocycles. The van der Waals surface area contributed by atoms with Crippen molar-refractivity contribution in [3.8, 4) is 0 Å². The molecule has 0 atom stereocenters. The molecule has 0 fully saturated rings. The smallest absolute Gasteiger partial charge is 0.347 e. The molecule has 0 bridgehead atoms. The second-order valence-electron chi connectivity index (χ2n) is 0.786. The number of hydrogen-bond acceptors (Lipinski definition) is 2. The maximum atomic E-state index is 9.66. The molecule has 2 N–H and O–H groups in total. The zero-order valence-electron chi connectivity index (χ0n) is 3.44. The third-order valence-corrected chi connectivity index (χ3v) is 2.18. The van der Waals surface area contributed by atoms with Gasteiger partial charge in [-0.1, -0.05) is 0 Å². The predicted octanol–water partition coefficient (Wildman–Crippen LogP) is -1.74. The van der Waals surface area contributed by atoms with Crippen LogP contribution in [-0.4, -0.2) is 26.9 Å². The van der Waals surface area contributed by atoms with Crippen molar-refractivity contribution in [1.82, 2.24) is 0 Å². The van der Waals surface area contributed by atoms with Gasteiger partial charge in [0.1, 0.15) is 9.63 Å². The molecular weight excluding hydrogens is 134 g/mol. The average Bonchev–Trinajstić information content (AvgIpc) is 1.30. The van der Waals surface area contributed by atoms with Crippen molar-refractivity contribution in [2.45, 2.75) is 0 Å². The van der Waals surface area contributed by atoms with E-state index in [0.717, 1.165) is 0 Å². The third kappa shape index (κ3) is 6.39. The topological polar surface area (TPSA) is 66.8 Å². The normalized spacial score (nSPS) is 13.4. The average molecular weight is 138 g/mol. The molecule has 0 unspecified atom stereocenters. The molecule has 40 valence electrons. The van der Waals surface area contributed by atoms with Crippen LogP contribution in [0.25, 0.3) is 0 Å². The van der Waals surface area contributed by atoms with Gasteiger partial charge in [-0.3, -0.25) is 0 Å². The minimum atomic E-state index is -4.23. The maximum absolute atomic E-state index is 9.66. The molecular formula is H4BO4PSi. The highest BCUT2D eigenvalue weighted by Crippen LogP contribution is 2.34. The van der Waals surface area contributed by atoms with Crippen molar-refractivity contribution in [1.29, 1.82) is 0 Å². The summed E-state index contributed by atoms with van der Waals surface area (Å²) >= 11 is 0. The molecule has 0 aliphatic rings. The lowest BCUT2D eigenvalue weighted by Gasteiger charge is -1.99. The van der Waals surface area contributed by atoms with E-state index in [0.29, 0.717) is 0 Å². The first-order valence-electron chi connectivity index (χ1n) is 1.46. The number of phosphoric acid groups is 1. The summed E-state index contributed by atoms with van der Waals surface area (Å²) in [6.07, 6.45) is 0. The van der Waals surface area contributed by atoms with Crippen molar-refractivity contribution in [2.24, 2.45) is 0 Å². The van der Waals surface area contributed by atoms with E-state index >= 15 is 0 Å². The molecule has 0 saturated carbocycles. The molecule has 0 aromatic rings. The SMILES string of the molecule is [B][SiH2]OP(=O)(O)O. The van der Waals surface area contributed by atoms with Gasteiger partial charge in [0.2, 0.25) is 0 Å². The first-order chi connectivity index (χ1) is 3.06. The van der Waals surface area contributed by atoms with Gasteiger partial charge in [-0.25, -0.2) is 4.57 Å². The van der Waals surface area contributed by atoms with Gasteiger partial charge in [0.15, 0.2) is 0 Å². The second-order valence-corrected chi connectivity index (χ2v) is 3.13. The molecule has 7 heavy (non-hydrogen) atoms. The lowest BCUT2D eigenvalue weighted by atomic mass is 10.8. The summed E-state index contributed by atoms with van der Waals surface area (Å²) in [5.41, 5.74) is 0. The predicted molar refractivity (Wildman–Crippen MR) is 27.4 cm³/mol. The lowest BCUT2D eigenvalue weighted by molar-refractivity contribution is 0.291. The van der Waals surface area contributed by atoms with Crippen molar-refractivity contribution in [3.63, 3.8) is 0 Å². The van der Waals surface area contributed by atoms with Gasteiger partial charge in [0.05, 0.1) is 7.44 Å². The van der Waals surface area contributed by atoms with E-state index in [-0.39, 0.29) is 0 Å². The quantitative estimate of drug-likeness (QED) is 0.351. The minimum Gasteiger partial charge on any atom is -0.347 e. The maximum Gasteiger partial charge on any atom is 0.458 e. The zero-order chi connectivity index (χ0) is 5.91. The summed E-state index contributed by atoms with van der Waals surface area (Å²) in [6.45, 7) is 0. The van der Waals surface area contributed by atoms with Crippen LogP contribution in [0.2, 0.25) is 0 Å². The van der Waals surface area contributed by atoms with E-state index < -0.39 is 17.5 Å². The fourth-order valence-electron chi connectivity index (χ4n) is 0.0971. The Morgan fingerprint density at radius 1 is 1.71 bits per heavy atom. The summed E-state index contributed by atoms with van der Waals surface area (Å²) in [5, 5.41) is 0. The van der Waals surface area contributed by atoms with E-state index in [9.17, 15) is 4.57 Å². The van der Waals surface area contributed by atoms with Gasteiger partial charge in [-0.15, -0.1) is 0 Å². The third-order valence-electron chi connectivity index (χ3n) is 0.243. The number of hydrogen-bond donors (Lipinski definition) is 2. The molecule has 2 radical (unpaired) electrons. The van der Waals surface area contributed by atoms with E-state index in [1.54, 1.807) is 0 Å². The summed E-state index contributed by atoms with van der Waals surface area (Å²) < 4.78 is 13.5. The molecule has 4 nitrogen and oxygen atoms in total. The molecule has 0 amide bonds. The molecule has 0 saturated heterocycles. The Labute approximate surface area is 44.4 Å². The van der Waals surface area contributed by atoms with Crippen LogP contribution in [0.4, 0.5) is 0 Å². The van der Waals surface area contributed by atoms with Crippen LogP contribution in [0.3, 0.4) is 0 Å². The van der Waals surface area contributed by atoms with Gasteiger partial charge in [0.25, 0.3) is 0 Å². The zero-order valence-corrected chi connectivity index (χ0v) is 5.75. The van der Waals surface area contributed by atoms with Crippen molar-refractivity contribution < 1.29 is 18.6 Å². The fourth-order valence-corrected chi connectivity index (χ4v) is 0.874. The first-order valence-corrected chi connectivity index (χ1v) is 4.39. The van der Waals surface area contributed by atoms with Gasteiger partial charge < -0.3 is 14.0 Å². The molecule has 0 heterocycles. The van der Waals surface area contributed by atoms with Gasteiger partial charge >= 0.3 is 7.82 Å². The Kier molecular flexibility index (Phi) is 2.79. The van der Waals surface area contributed by atoms with Crippen LogP contribution in [-0.2, 0) is 8.78 Å². The van der Waals surface area contributed by atoms with Gasteiger partial charge in [-0.05, 0) is 0 Å². The molecule has 7 heteroatoms. The van der Waals surface area contributed by atoms with Crippen LogP contribution in [0.5, 0.6) is 0 Å². The van der Waals surface area contributed by atoms with E-state index in [1.807, 2.05) is 0 Å². The van der Waals surface area contributed by atoms with Crippen LogP contribution in [0.1, 0.15) is 0 Å². The minimum absolute atomic E-state index is 1.45. The van der Waals surface area contributed by atoms with Gasteiger partial charge in [-0.2, -0.15) is 0 Å². The highest BCUT2D eigenvalue weighted by molar-refractivity contribution is 7.48. The van der Waals surface area contributed by atoms with Crippen LogP contribution in [0, 0.1) is 0 Å². The molecule has 0 rings (SSSR count). The van der Waals surface area contributed by atoms with E-state index in [2.05, 4.69) is 4.21 Å². The summed E-state index contributed by atoms with van der Waals surface area (Å²) in [4.78, 5) is 15.7. The molecule has 0 spiro atoms. The molecule has 0 aromatic carbocycles. The van der Waals surface area contributed by atoms with Gasteiger partial charge in [0, 0.05) is 0 Å². The Morgan fingerprint density at radius 2 is 2.14 bits per heavy atom. The molecule has 0 aliphatic heterocycles. The van der Waals surface area contributed by atoms with Crippen molar-refractivity contribution >= 4 is 24.9 Å². The van der Waals surface area contributed by atoms with Crippen molar-refractivity contribution in [2.75, 3.05) is 0 Å². The Bertz CT molecular complexity index is 85.7. The summed E-state index contributed by atoms with van der Waals surface area (Å²) in [6, 6.07) is 0. The Balaban J connectivity index is 3.36. The molecule has 0 aliphatic carbocycles. The second kappa shape index (κ2) is 2.64. The van der Waals surface area contributed by atoms with Crippen molar-refractivity contribution in [3.05, 3.63) is 0 Å². The van der Waals surface area contributed by atoms with E-state index in [4.69, 9.17) is 17.2 Å². The Hall–Kier alpha value is 0.392. The summed E-state index contributed by atoms with van der Waals surface area (Å²) in [5.74, 6) is 0. The Morgan fingerprint density at radius 3 is 2.14 bits per heavy atom. The highest BCUT2D eigenvalue weighted by Gasteiger charge is 2.09. The van der Waals surface area contributed by atoms with Crippen LogP contribution >= 0.6 is 7.82 Å². The monoisotopic (exact) mass is 138 g/mol.